The van der Waals surface area contributed by atoms with Gasteiger partial charge in [-0.3, -0.25) is 0 Å². The van der Waals surface area contributed by atoms with Crippen LogP contribution in [-0.2, 0) is 0 Å². The molecule has 1 saturated heterocycles. The van der Waals surface area contributed by atoms with Crippen LogP contribution in [0.25, 0.3) is 0 Å². The Hall–Kier alpha value is -1.80. The minimum Gasteiger partial charge on any atom is -0.497 e. The zero-order valence-corrected chi connectivity index (χ0v) is 11.2. The summed E-state index contributed by atoms with van der Waals surface area (Å²) in [7, 11) is 1.72. The average Bonchev–Trinajstić information content (AvgIpc) is 2.98. The summed E-state index contributed by atoms with van der Waals surface area (Å²) in [6.07, 6.45) is 1.17. The van der Waals surface area contributed by atoms with Crippen LogP contribution in [0, 0.1) is 0 Å². The second-order valence-electron chi connectivity index (χ2n) is 5.01. The maximum atomic E-state index is 5.33. The third-order valence-corrected chi connectivity index (χ3v) is 3.90. The fourth-order valence-electron chi connectivity index (χ4n) is 2.95. The Balaban J connectivity index is 1.90. The molecule has 1 aliphatic heterocycles. The highest BCUT2D eigenvalue weighted by molar-refractivity contribution is 5.35. The van der Waals surface area contributed by atoms with Crippen LogP contribution >= 0.6 is 0 Å². The van der Waals surface area contributed by atoms with E-state index in [9.17, 15) is 0 Å². The summed E-state index contributed by atoms with van der Waals surface area (Å²) >= 11 is 0. The van der Waals surface area contributed by atoms with E-state index in [0.717, 1.165) is 12.3 Å². The first-order valence-corrected chi connectivity index (χ1v) is 6.81. The van der Waals surface area contributed by atoms with Crippen molar-refractivity contribution >= 4 is 0 Å². The molecule has 1 fully saturated rings. The fraction of sp³-hybridized carbons (Fsp3) is 0.294. The van der Waals surface area contributed by atoms with Crippen molar-refractivity contribution in [2.45, 2.75) is 18.4 Å². The molecule has 2 aromatic carbocycles. The Morgan fingerprint density at radius 3 is 2.58 bits per heavy atom. The van der Waals surface area contributed by atoms with E-state index in [4.69, 9.17) is 4.74 Å². The van der Waals surface area contributed by atoms with Crippen molar-refractivity contribution in [3.05, 3.63) is 65.7 Å². The van der Waals surface area contributed by atoms with Crippen LogP contribution in [0.3, 0.4) is 0 Å². The van der Waals surface area contributed by atoms with E-state index in [0.29, 0.717) is 12.0 Å². The Morgan fingerprint density at radius 2 is 1.79 bits per heavy atom. The van der Waals surface area contributed by atoms with Gasteiger partial charge in [0.2, 0.25) is 0 Å². The zero-order chi connectivity index (χ0) is 13.1. The predicted octanol–water partition coefficient (Wildman–Crippen LogP) is 3.51. The lowest BCUT2D eigenvalue weighted by Gasteiger charge is -2.21. The van der Waals surface area contributed by atoms with E-state index >= 15 is 0 Å². The maximum Gasteiger partial charge on any atom is 0.119 e. The van der Waals surface area contributed by atoms with Gasteiger partial charge in [-0.15, -0.1) is 0 Å². The van der Waals surface area contributed by atoms with Crippen molar-refractivity contribution in [2.75, 3.05) is 13.7 Å². The molecule has 98 valence electrons. The highest BCUT2D eigenvalue weighted by Gasteiger charge is 2.29. The van der Waals surface area contributed by atoms with Crippen LogP contribution in [0.1, 0.15) is 29.5 Å². The molecule has 1 N–H and O–H groups in total. The van der Waals surface area contributed by atoms with Gasteiger partial charge >= 0.3 is 0 Å². The van der Waals surface area contributed by atoms with Crippen LogP contribution in [-0.4, -0.2) is 13.7 Å². The summed E-state index contributed by atoms with van der Waals surface area (Å²) in [6.45, 7) is 1.07. The van der Waals surface area contributed by atoms with Gasteiger partial charge in [0.1, 0.15) is 5.75 Å². The lowest BCUT2D eigenvalue weighted by Crippen LogP contribution is -2.16. The van der Waals surface area contributed by atoms with Crippen molar-refractivity contribution in [3.63, 3.8) is 0 Å². The number of methoxy groups -OCH3 is 1. The summed E-state index contributed by atoms with van der Waals surface area (Å²) in [6, 6.07) is 19.6. The molecule has 2 atom stereocenters. The molecule has 19 heavy (non-hydrogen) atoms. The molecule has 1 aliphatic rings. The molecular formula is C17H19NO. The quantitative estimate of drug-likeness (QED) is 0.903. The molecule has 0 radical (unpaired) electrons. The Kier molecular flexibility index (Phi) is 3.51. The van der Waals surface area contributed by atoms with Gasteiger partial charge in [-0.05, 0) is 36.2 Å². The minimum atomic E-state index is 0.410. The molecule has 0 aliphatic carbocycles. The van der Waals surface area contributed by atoms with Crippen molar-refractivity contribution in [2.24, 2.45) is 0 Å². The van der Waals surface area contributed by atoms with Gasteiger partial charge in [-0.1, -0.05) is 42.5 Å². The van der Waals surface area contributed by atoms with E-state index in [-0.39, 0.29) is 0 Å². The highest BCUT2D eigenvalue weighted by atomic mass is 16.5. The number of benzene rings is 2. The van der Waals surface area contributed by atoms with Crippen LogP contribution in [0.5, 0.6) is 5.75 Å². The molecule has 0 aromatic heterocycles. The normalized spacial score (nSPS) is 22.4. The summed E-state index contributed by atoms with van der Waals surface area (Å²) in [4.78, 5) is 0. The van der Waals surface area contributed by atoms with Gasteiger partial charge in [0.15, 0.2) is 0 Å². The molecule has 3 rings (SSSR count). The molecule has 0 amide bonds. The maximum absolute atomic E-state index is 5.33. The molecule has 0 bridgehead atoms. The van der Waals surface area contributed by atoms with Gasteiger partial charge in [-0.2, -0.15) is 0 Å². The second kappa shape index (κ2) is 5.45. The number of nitrogens with one attached hydrogen (secondary N) is 1. The highest BCUT2D eigenvalue weighted by Crippen LogP contribution is 2.38. The Morgan fingerprint density at radius 1 is 1.00 bits per heavy atom. The molecule has 1 heterocycles. The first-order chi connectivity index (χ1) is 9.38. The number of hydrogen-bond donors (Lipinski definition) is 1. The molecule has 2 heteroatoms. The number of ether oxygens (including phenoxy) is 1. The van der Waals surface area contributed by atoms with E-state index in [1.54, 1.807) is 7.11 Å². The van der Waals surface area contributed by atoms with Gasteiger partial charge in [0.05, 0.1) is 7.11 Å². The monoisotopic (exact) mass is 253 g/mol. The first kappa shape index (κ1) is 12.2. The van der Waals surface area contributed by atoms with Crippen molar-refractivity contribution in [1.82, 2.24) is 5.32 Å². The van der Waals surface area contributed by atoms with Gasteiger partial charge in [0.25, 0.3) is 0 Å². The van der Waals surface area contributed by atoms with Crippen LogP contribution in [0.4, 0.5) is 0 Å². The van der Waals surface area contributed by atoms with Crippen molar-refractivity contribution in [1.29, 1.82) is 0 Å². The lowest BCUT2D eigenvalue weighted by atomic mass is 9.88. The van der Waals surface area contributed by atoms with E-state index in [2.05, 4.69) is 53.8 Å². The molecule has 2 aromatic rings. The standard InChI is InChI=1S/C17H19NO/c1-19-15-9-5-8-14(12-15)16-10-11-18-17(16)13-6-3-2-4-7-13/h2-9,12,16-18H,10-11H2,1H3. The Bertz CT molecular complexity index is 538. The van der Waals surface area contributed by atoms with Crippen molar-refractivity contribution in [3.8, 4) is 5.75 Å². The average molecular weight is 253 g/mol. The van der Waals surface area contributed by atoms with Crippen LogP contribution in [0.2, 0.25) is 0 Å². The zero-order valence-electron chi connectivity index (χ0n) is 11.2. The molecule has 0 saturated carbocycles. The van der Waals surface area contributed by atoms with Crippen LogP contribution < -0.4 is 10.1 Å². The minimum absolute atomic E-state index is 0.410. The van der Waals surface area contributed by atoms with Crippen LogP contribution in [0.15, 0.2) is 54.6 Å². The molecule has 2 unspecified atom stereocenters. The third-order valence-electron chi connectivity index (χ3n) is 3.90. The lowest BCUT2D eigenvalue weighted by molar-refractivity contribution is 0.413. The summed E-state index contributed by atoms with van der Waals surface area (Å²) in [5.74, 6) is 1.47. The topological polar surface area (TPSA) is 21.3 Å². The summed E-state index contributed by atoms with van der Waals surface area (Å²) in [5.41, 5.74) is 2.73. The SMILES string of the molecule is COc1cccc(C2CCNC2c2ccccc2)c1. The van der Waals surface area contributed by atoms with Crippen molar-refractivity contribution < 1.29 is 4.74 Å². The summed E-state index contributed by atoms with van der Waals surface area (Å²) < 4.78 is 5.33. The molecular weight excluding hydrogens is 234 g/mol. The van der Waals surface area contributed by atoms with Gasteiger partial charge in [-0.25, -0.2) is 0 Å². The Labute approximate surface area is 114 Å². The smallest absolute Gasteiger partial charge is 0.119 e. The van der Waals surface area contributed by atoms with E-state index in [1.165, 1.54) is 17.5 Å². The summed E-state index contributed by atoms with van der Waals surface area (Å²) in [5, 5.41) is 3.62. The van der Waals surface area contributed by atoms with Gasteiger partial charge in [0, 0.05) is 12.0 Å². The van der Waals surface area contributed by atoms with E-state index < -0.39 is 0 Å². The second-order valence-corrected chi connectivity index (χ2v) is 5.01. The predicted molar refractivity (Wildman–Crippen MR) is 77.5 cm³/mol. The molecule has 2 nitrogen and oxygen atoms in total. The fourth-order valence-corrected chi connectivity index (χ4v) is 2.95. The largest absolute Gasteiger partial charge is 0.497 e. The number of hydrogen-bond acceptors (Lipinski definition) is 2. The third kappa shape index (κ3) is 2.49. The first-order valence-electron chi connectivity index (χ1n) is 6.81. The molecule has 0 spiro atoms. The number of rotatable bonds is 3. The van der Waals surface area contributed by atoms with Gasteiger partial charge < -0.3 is 10.1 Å². The van der Waals surface area contributed by atoms with E-state index in [1.807, 2.05) is 6.07 Å².